The van der Waals surface area contributed by atoms with Crippen LogP contribution in [0.4, 0.5) is 15.8 Å². The molecule has 2 aromatic rings. The molecule has 0 spiro atoms. The molecule has 0 fully saturated rings. The van der Waals surface area contributed by atoms with Gasteiger partial charge in [-0.25, -0.2) is 4.39 Å². The summed E-state index contributed by atoms with van der Waals surface area (Å²) in [4.78, 5) is 2.43. The summed E-state index contributed by atoms with van der Waals surface area (Å²) in [5.41, 5.74) is 4.24. The molecule has 24 heavy (non-hydrogen) atoms. The number of para-hydroxylation sites is 1. The van der Waals surface area contributed by atoms with Crippen LogP contribution in [0.2, 0.25) is 0 Å². The van der Waals surface area contributed by atoms with Crippen molar-refractivity contribution in [3.63, 3.8) is 0 Å². The standard InChI is InChI=1S/C20H15ClFNS/c1-12(13-6-8-16(22)15(21)10-13)14-7-9-20-18(11-14)23-17-4-2-3-5-19(17)24-20/h2-5,7,9-12,15-16,23H,1H3. The highest BCUT2D eigenvalue weighted by molar-refractivity contribution is 7.99. The number of hydrogen-bond donors (Lipinski definition) is 1. The Hall–Kier alpha value is -1.89. The first-order valence-corrected chi connectivity index (χ1v) is 9.06. The molecule has 0 aromatic heterocycles. The van der Waals surface area contributed by atoms with Crippen LogP contribution in [0.15, 0.2) is 63.9 Å². The van der Waals surface area contributed by atoms with Crippen molar-refractivity contribution in [2.45, 2.75) is 34.2 Å². The Morgan fingerprint density at radius 2 is 1.96 bits per heavy atom. The maximum Gasteiger partial charge on any atom is 0.180 e. The maximum absolute atomic E-state index is 13.4. The molecular formula is C20H15ClFNS. The van der Waals surface area contributed by atoms with Crippen molar-refractivity contribution in [1.29, 1.82) is 0 Å². The minimum atomic E-state index is -1.28. The molecule has 120 valence electrons. The number of hydrogen-bond acceptors (Lipinski definition) is 2. The second-order valence-electron chi connectivity index (χ2n) is 5.94. The van der Waals surface area contributed by atoms with Gasteiger partial charge >= 0.3 is 0 Å². The highest BCUT2D eigenvalue weighted by atomic mass is 35.5. The largest absolute Gasteiger partial charge is 0.354 e. The van der Waals surface area contributed by atoms with Gasteiger partial charge in [-0.15, -0.1) is 11.6 Å². The van der Waals surface area contributed by atoms with Gasteiger partial charge in [0.05, 0.1) is 16.8 Å². The minimum Gasteiger partial charge on any atom is -0.354 e. The summed E-state index contributed by atoms with van der Waals surface area (Å²) in [7, 11) is 0. The molecule has 4 rings (SSSR count). The molecule has 0 saturated carbocycles. The minimum absolute atomic E-state index is 0.0838. The quantitative estimate of drug-likeness (QED) is 0.454. The first kappa shape index (κ1) is 15.6. The van der Waals surface area contributed by atoms with Gasteiger partial charge in [0.25, 0.3) is 0 Å². The summed E-state index contributed by atoms with van der Waals surface area (Å²) in [5, 5.41) is 2.83. The molecule has 0 amide bonds. The summed E-state index contributed by atoms with van der Waals surface area (Å²) < 4.78 is 13.4. The fourth-order valence-corrected chi connectivity index (χ4v) is 4.06. The van der Waals surface area contributed by atoms with Crippen molar-refractivity contribution in [2.24, 2.45) is 0 Å². The fourth-order valence-electron chi connectivity index (χ4n) is 2.89. The monoisotopic (exact) mass is 355 g/mol. The van der Waals surface area contributed by atoms with Gasteiger partial charge in [0, 0.05) is 21.3 Å². The molecule has 3 unspecified atom stereocenters. The number of allylic oxidation sites excluding steroid dienone is 2. The van der Waals surface area contributed by atoms with Gasteiger partial charge in [0.1, 0.15) is 0 Å². The van der Waals surface area contributed by atoms with E-state index in [9.17, 15) is 4.39 Å². The Morgan fingerprint density at radius 3 is 2.79 bits per heavy atom. The Labute approximate surface area is 150 Å². The molecule has 1 N–H and O–H groups in total. The molecular weight excluding hydrogens is 341 g/mol. The lowest BCUT2D eigenvalue weighted by molar-refractivity contribution is 0.418. The lowest BCUT2D eigenvalue weighted by Crippen LogP contribution is -2.16. The van der Waals surface area contributed by atoms with E-state index in [1.807, 2.05) is 12.1 Å². The molecule has 0 bridgehead atoms. The molecule has 2 aliphatic rings. The summed E-state index contributed by atoms with van der Waals surface area (Å²) in [5.74, 6) is 5.57. The molecule has 1 aliphatic carbocycles. The number of rotatable bonds is 2. The summed E-state index contributed by atoms with van der Waals surface area (Å²) >= 11 is 7.76. The smallest absolute Gasteiger partial charge is 0.180 e. The van der Waals surface area contributed by atoms with E-state index in [0.717, 1.165) is 22.5 Å². The second-order valence-corrected chi connectivity index (χ2v) is 7.53. The van der Waals surface area contributed by atoms with Crippen LogP contribution < -0.4 is 5.32 Å². The van der Waals surface area contributed by atoms with Gasteiger partial charge in [-0.1, -0.05) is 54.8 Å². The molecule has 1 heterocycles. The number of benzene rings is 2. The summed E-state index contributed by atoms with van der Waals surface area (Å²) in [6, 6.07) is 14.7. The van der Waals surface area contributed by atoms with Gasteiger partial charge in [-0.3, -0.25) is 0 Å². The van der Waals surface area contributed by atoms with Gasteiger partial charge in [0.2, 0.25) is 0 Å². The zero-order chi connectivity index (χ0) is 16.7. The second kappa shape index (κ2) is 6.20. The van der Waals surface area contributed by atoms with Crippen LogP contribution in [0.1, 0.15) is 18.4 Å². The first-order valence-electron chi connectivity index (χ1n) is 7.81. The van der Waals surface area contributed by atoms with Crippen LogP contribution >= 0.6 is 23.4 Å². The molecule has 4 heteroatoms. The van der Waals surface area contributed by atoms with Crippen molar-refractivity contribution in [3.8, 4) is 11.8 Å². The number of halogens is 2. The third-order valence-corrected chi connectivity index (χ3v) is 5.82. The van der Waals surface area contributed by atoms with Crippen LogP contribution in [-0.4, -0.2) is 11.5 Å². The SMILES string of the molecule is CC(C1=CC(Cl)C(F)C#C1)c1ccc2c(c1)Nc1ccccc1S2. The van der Waals surface area contributed by atoms with Gasteiger partial charge in [-0.05, 0) is 29.8 Å². The molecule has 3 atom stereocenters. The normalized spacial score (nSPS) is 22.2. The Bertz CT molecular complexity index is 896. The van der Waals surface area contributed by atoms with Gasteiger partial charge in [-0.2, -0.15) is 0 Å². The van der Waals surface area contributed by atoms with E-state index in [1.165, 1.54) is 9.79 Å². The highest BCUT2D eigenvalue weighted by Crippen LogP contribution is 2.45. The average molecular weight is 356 g/mol. The van der Waals surface area contributed by atoms with Crippen molar-refractivity contribution in [1.82, 2.24) is 0 Å². The fraction of sp³-hybridized carbons (Fsp3) is 0.200. The van der Waals surface area contributed by atoms with E-state index in [-0.39, 0.29) is 5.92 Å². The zero-order valence-electron chi connectivity index (χ0n) is 13.0. The van der Waals surface area contributed by atoms with E-state index in [0.29, 0.717) is 0 Å². The van der Waals surface area contributed by atoms with Crippen LogP contribution in [0.25, 0.3) is 0 Å². The highest BCUT2D eigenvalue weighted by Gasteiger charge is 2.22. The maximum atomic E-state index is 13.4. The molecule has 0 saturated heterocycles. The first-order chi connectivity index (χ1) is 11.6. The van der Waals surface area contributed by atoms with Gasteiger partial charge < -0.3 is 5.32 Å². The third kappa shape index (κ3) is 2.81. The topological polar surface area (TPSA) is 12.0 Å². The predicted molar refractivity (Wildman–Crippen MR) is 99.1 cm³/mol. The van der Waals surface area contributed by atoms with Crippen molar-refractivity contribution < 1.29 is 4.39 Å². The zero-order valence-corrected chi connectivity index (χ0v) is 14.6. The molecule has 0 radical (unpaired) electrons. The van der Waals surface area contributed by atoms with Crippen molar-refractivity contribution >= 4 is 34.7 Å². The van der Waals surface area contributed by atoms with Crippen molar-refractivity contribution in [3.05, 3.63) is 59.7 Å². The van der Waals surface area contributed by atoms with E-state index >= 15 is 0 Å². The number of nitrogens with one attached hydrogen (secondary N) is 1. The number of fused-ring (bicyclic) bond motifs is 2. The Kier molecular flexibility index (Phi) is 4.04. The van der Waals surface area contributed by atoms with Crippen LogP contribution in [0.3, 0.4) is 0 Å². The van der Waals surface area contributed by atoms with Crippen LogP contribution in [0, 0.1) is 11.8 Å². The molecule has 1 aliphatic heterocycles. The Balaban J connectivity index is 1.64. The lowest BCUT2D eigenvalue weighted by Gasteiger charge is -2.23. The van der Waals surface area contributed by atoms with Crippen molar-refractivity contribution in [2.75, 3.05) is 5.32 Å². The van der Waals surface area contributed by atoms with E-state index < -0.39 is 11.5 Å². The summed E-state index contributed by atoms with van der Waals surface area (Å²) in [6.45, 7) is 2.08. The summed E-state index contributed by atoms with van der Waals surface area (Å²) in [6.07, 6.45) is 0.463. The van der Waals surface area contributed by atoms with E-state index in [1.54, 1.807) is 17.8 Å². The van der Waals surface area contributed by atoms with E-state index in [4.69, 9.17) is 11.6 Å². The number of anilines is 2. The van der Waals surface area contributed by atoms with Crippen LogP contribution in [-0.2, 0) is 0 Å². The van der Waals surface area contributed by atoms with Gasteiger partial charge in [0.15, 0.2) is 6.17 Å². The lowest BCUT2D eigenvalue weighted by atomic mass is 9.90. The molecule has 1 nitrogen and oxygen atoms in total. The predicted octanol–water partition coefficient (Wildman–Crippen LogP) is 5.89. The van der Waals surface area contributed by atoms with E-state index in [2.05, 4.69) is 54.4 Å². The Morgan fingerprint density at radius 1 is 1.17 bits per heavy atom. The van der Waals surface area contributed by atoms with Crippen LogP contribution in [0.5, 0.6) is 0 Å². The average Bonchev–Trinajstić information content (AvgIpc) is 2.61. The molecule has 2 aromatic carbocycles. The third-order valence-electron chi connectivity index (χ3n) is 4.32. The number of alkyl halides is 2.